The number of rotatable bonds is 5. The summed E-state index contributed by atoms with van der Waals surface area (Å²) in [6.07, 6.45) is 0.495. The molecule has 1 aromatic rings. The van der Waals surface area contributed by atoms with Gasteiger partial charge in [-0.2, -0.15) is 5.10 Å². The largest absolute Gasteiger partial charge is 0.395 e. The highest BCUT2D eigenvalue weighted by Crippen LogP contribution is 2.21. The average molecular weight is 262 g/mol. The van der Waals surface area contributed by atoms with Gasteiger partial charge in [0.25, 0.3) is 0 Å². The minimum absolute atomic E-state index is 0.0214. The van der Waals surface area contributed by atoms with Crippen LogP contribution in [0, 0.1) is 6.92 Å². The van der Waals surface area contributed by atoms with Crippen LogP contribution in [0.4, 0.5) is 5.82 Å². The van der Waals surface area contributed by atoms with Gasteiger partial charge in [-0.15, -0.1) is 0 Å². The molecule has 7 nitrogen and oxygen atoms in total. The molecule has 17 heavy (non-hydrogen) atoms. The molecule has 0 amide bonds. The number of nitrogen functional groups attached to an aromatic ring is 1. The smallest absolute Gasteiger partial charge is 0.246 e. The zero-order valence-electron chi connectivity index (χ0n) is 10.1. The first-order chi connectivity index (χ1) is 7.83. The summed E-state index contributed by atoms with van der Waals surface area (Å²) in [7, 11) is -2.12. The average Bonchev–Trinajstić information content (AvgIpc) is 2.50. The van der Waals surface area contributed by atoms with Gasteiger partial charge < -0.3 is 10.8 Å². The quantitative estimate of drug-likeness (QED) is 0.653. The minimum atomic E-state index is -3.74. The third-order valence-electron chi connectivity index (χ3n) is 2.61. The molecule has 0 aromatic carbocycles. The Morgan fingerprint density at radius 3 is 2.53 bits per heavy atom. The van der Waals surface area contributed by atoms with E-state index in [-0.39, 0.29) is 17.3 Å². The van der Waals surface area contributed by atoms with E-state index >= 15 is 0 Å². The number of nitrogens with one attached hydrogen (secondary N) is 1. The molecular formula is C9H18N4O3S. The SMILES string of the molecule is CCC(CO)NS(=O)(=O)c1c(N)nn(C)c1C. The number of aliphatic hydroxyl groups is 1. The molecule has 0 fully saturated rings. The van der Waals surface area contributed by atoms with Crippen LogP contribution in [0.1, 0.15) is 19.0 Å². The lowest BCUT2D eigenvalue weighted by atomic mass is 10.3. The van der Waals surface area contributed by atoms with E-state index in [1.807, 2.05) is 0 Å². The Labute approximate surface area is 101 Å². The van der Waals surface area contributed by atoms with Crippen molar-refractivity contribution in [2.75, 3.05) is 12.3 Å². The molecule has 0 saturated heterocycles. The second-order valence-corrected chi connectivity index (χ2v) is 5.48. The molecule has 0 aliphatic rings. The predicted molar refractivity (Wildman–Crippen MR) is 63.8 cm³/mol. The van der Waals surface area contributed by atoms with Gasteiger partial charge in [-0.05, 0) is 13.3 Å². The number of aromatic nitrogens is 2. The first-order valence-electron chi connectivity index (χ1n) is 5.25. The fourth-order valence-electron chi connectivity index (χ4n) is 1.47. The lowest BCUT2D eigenvalue weighted by Crippen LogP contribution is -2.37. The van der Waals surface area contributed by atoms with E-state index in [2.05, 4.69) is 9.82 Å². The molecule has 1 rings (SSSR count). The first-order valence-corrected chi connectivity index (χ1v) is 6.74. The molecule has 1 atom stereocenters. The van der Waals surface area contributed by atoms with Gasteiger partial charge in [-0.3, -0.25) is 4.68 Å². The number of nitrogens with two attached hydrogens (primary N) is 1. The summed E-state index contributed by atoms with van der Waals surface area (Å²) in [6, 6.07) is -0.515. The first kappa shape index (κ1) is 13.9. The maximum Gasteiger partial charge on any atom is 0.246 e. The molecule has 8 heteroatoms. The number of aryl methyl sites for hydroxylation is 1. The van der Waals surface area contributed by atoms with Gasteiger partial charge in [0, 0.05) is 13.1 Å². The Morgan fingerprint density at radius 2 is 2.18 bits per heavy atom. The Morgan fingerprint density at radius 1 is 1.59 bits per heavy atom. The Balaban J connectivity index is 3.13. The summed E-state index contributed by atoms with van der Waals surface area (Å²) in [4.78, 5) is -0.0214. The highest BCUT2D eigenvalue weighted by molar-refractivity contribution is 7.89. The predicted octanol–water partition coefficient (Wildman–Crippen LogP) is -0.640. The molecule has 0 radical (unpaired) electrons. The van der Waals surface area contributed by atoms with Gasteiger partial charge in [0.1, 0.15) is 4.90 Å². The molecule has 1 unspecified atom stereocenters. The van der Waals surface area contributed by atoms with Gasteiger partial charge in [-0.25, -0.2) is 13.1 Å². The van der Waals surface area contributed by atoms with Crippen molar-refractivity contribution in [1.29, 1.82) is 0 Å². The number of hydrogen-bond donors (Lipinski definition) is 3. The van der Waals surface area contributed by atoms with Crippen LogP contribution >= 0.6 is 0 Å². The molecule has 0 aliphatic heterocycles. The van der Waals surface area contributed by atoms with E-state index in [0.29, 0.717) is 12.1 Å². The molecule has 0 saturated carbocycles. The maximum atomic E-state index is 12.1. The number of aliphatic hydroxyl groups excluding tert-OH is 1. The van der Waals surface area contributed by atoms with Crippen molar-refractivity contribution in [2.45, 2.75) is 31.2 Å². The van der Waals surface area contributed by atoms with Gasteiger partial charge in [0.15, 0.2) is 5.82 Å². The number of hydrogen-bond acceptors (Lipinski definition) is 5. The van der Waals surface area contributed by atoms with Crippen LogP contribution in [0.25, 0.3) is 0 Å². The monoisotopic (exact) mass is 262 g/mol. The highest BCUT2D eigenvalue weighted by Gasteiger charge is 2.26. The van der Waals surface area contributed by atoms with E-state index in [9.17, 15) is 8.42 Å². The van der Waals surface area contributed by atoms with Crippen LogP contribution in [0.3, 0.4) is 0 Å². The third kappa shape index (κ3) is 2.76. The van der Waals surface area contributed by atoms with E-state index in [4.69, 9.17) is 10.8 Å². The Kier molecular flexibility index (Phi) is 4.12. The molecule has 0 bridgehead atoms. The molecule has 0 spiro atoms. The second kappa shape index (κ2) is 5.03. The van der Waals surface area contributed by atoms with E-state index in [1.54, 1.807) is 20.9 Å². The van der Waals surface area contributed by atoms with Crippen LogP contribution < -0.4 is 10.5 Å². The fraction of sp³-hybridized carbons (Fsp3) is 0.667. The summed E-state index contributed by atoms with van der Waals surface area (Å²) in [6.45, 7) is 3.15. The molecule has 0 aliphatic carbocycles. The summed E-state index contributed by atoms with van der Waals surface area (Å²) >= 11 is 0. The van der Waals surface area contributed by atoms with Gasteiger partial charge >= 0.3 is 0 Å². The zero-order valence-corrected chi connectivity index (χ0v) is 11.0. The summed E-state index contributed by atoms with van der Waals surface area (Å²) in [5.41, 5.74) is 6.03. The topological polar surface area (TPSA) is 110 Å². The van der Waals surface area contributed by atoms with Crippen molar-refractivity contribution in [1.82, 2.24) is 14.5 Å². The van der Waals surface area contributed by atoms with Crippen molar-refractivity contribution in [3.05, 3.63) is 5.69 Å². The van der Waals surface area contributed by atoms with Crippen molar-refractivity contribution in [3.63, 3.8) is 0 Å². The standard InChI is InChI=1S/C9H18N4O3S/c1-4-7(5-14)12-17(15,16)8-6(2)13(3)11-9(8)10/h7,12,14H,4-5H2,1-3H3,(H2,10,11). The summed E-state index contributed by atoms with van der Waals surface area (Å²) in [5.74, 6) is -0.0368. The normalized spacial score (nSPS) is 13.9. The number of sulfonamides is 1. The zero-order chi connectivity index (χ0) is 13.2. The van der Waals surface area contributed by atoms with Crippen molar-refractivity contribution in [2.24, 2.45) is 7.05 Å². The van der Waals surface area contributed by atoms with Crippen LogP contribution in [-0.2, 0) is 17.1 Å². The lowest BCUT2D eigenvalue weighted by Gasteiger charge is -2.14. The van der Waals surface area contributed by atoms with Gasteiger partial charge in [0.2, 0.25) is 10.0 Å². The number of nitrogens with zero attached hydrogens (tertiary/aromatic N) is 2. The van der Waals surface area contributed by atoms with E-state index in [0.717, 1.165) is 0 Å². The summed E-state index contributed by atoms with van der Waals surface area (Å²) < 4.78 is 27.9. The van der Waals surface area contributed by atoms with Crippen LogP contribution in [-0.4, -0.2) is 36.0 Å². The Bertz CT molecular complexity index is 491. The second-order valence-electron chi connectivity index (χ2n) is 3.83. The molecule has 1 aromatic heterocycles. The molecule has 98 valence electrons. The molecule has 4 N–H and O–H groups in total. The minimum Gasteiger partial charge on any atom is -0.395 e. The maximum absolute atomic E-state index is 12.1. The van der Waals surface area contributed by atoms with Crippen molar-refractivity contribution < 1.29 is 13.5 Å². The van der Waals surface area contributed by atoms with Gasteiger partial charge in [0.05, 0.1) is 12.3 Å². The lowest BCUT2D eigenvalue weighted by molar-refractivity contribution is 0.254. The number of anilines is 1. The summed E-state index contributed by atoms with van der Waals surface area (Å²) in [5, 5.41) is 12.8. The highest BCUT2D eigenvalue weighted by atomic mass is 32.2. The van der Waals surface area contributed by atoms with Crippen LogP contribution in [0.5, 0.6) is 0 Å². The molecule has 1 heterocycles. The molecular weight excluding hydrogens is 244 g/mol. The van der Waals surface area contributed by atoms with Crippen molar-refractivity contribution in [3.8, 4) is 0 Å². The van der Waals surface area contributed by atoms with Crippen LogP contribution in [0.2, 0.25) is 0 Å². The van der Waals surface area contributed by atoms with Crippen LogP contribution in [0.15, 0.2) is 4.90 Å². The fourth-order valence-corrected chi connectivity index (χ4v) is 3.11. The van der Waals surface area contributed by atoms with Gasteiger partial charge in [-0.1, -0.05) is 6.92 Å². The van der Waals surface area contributed by atoms with Crippen molar-refractivity contribution >= 4 is 15.8 Å². The van der Waals surface area contributed by atoms with E-state index < -0.39 is 16.1 Å². The third-order valence-corrected chi connectivity index (χ3v) is 4.29. The van der Waals surface area contributed by atoms with E-state index in [1.165, 1.54) is 4.68 Å². The Hall–Kier alpha value is -1.12.